The van der Waals surface area contributed by atoms with E-state index in [9.17, 15) is 0 Å². The van der Waals surface area contributed by atoms with E-state index in [1.807, 2.05) is 6.92 Å². The van der Waals surface area contributed by atoms with Crippen LogP contribution in [0.15, 0.2) is 28.8 Å². The Morgan fingerprint density at radius 2 is 2.07 bits per heavy atom. The Bertz CT molecular complexity index is 332. The van der Waals surface area contributed by atoms with Gasteiger partial charge in [0.05, 0.1) is 5.69 Å². The van der Waals surface area contributed by atoms with Crippen LogP contribution in [0.1, 0.15) is 18.1 Å². The summed E-state index contributed by atoms with van der Waals surface area (Å²) in [5.74, 6) is 0. The largest absolute Gasteiger partial charge is 0.380 e. The van der Waals surface area contributed by atoms with E-state index in [-0.39, 0.29) is 0 Å². The van der Waals surface area contributed by atoms with Gasteiger partial charge in [-0.05, 0) is 53.9 Å². The number of rotatable bonds is 3. The second-order valence-corrected chi connectivity index (χ2v) is 4.60. The quantitative estimate of drug-likeness (QED) is 0.802. The summed E-state index contributed by atoms with van der Waals surface area (Å²) in [5, 5.41) is 3.36. The van der Waals surface area contributed by atoms with Crippen molar-refractivity contribution < 1.29 is 0 Å². The number of benzene rings is 1. The van der Waals surface area contributed by atoms with E-state index in [1.165, 1.54) is 16.8 Å². The minimum atomic E-state index is 0.822. The summed E-state index contributed by atoms with van der Waals surface area (Å²) < 4.78 is 1.12. The van der Waals surface area contributed by atoms with Gasteiger partial charge in [0.25, 0.3) is 0 Å². The number of nitrogens with one attached hydrogen (secondary N) is 1. The molecule has 1 rings (SSSR count). The van der Waals surface area contributed by atoms with Crippen LogP contribution in [-0.2, 0) is 0 Å². The SMILES string of the molecule is C=C(C)CNc1c(C)cc(C)cc1Br. The van der Waals surface area contributed by atoms with Gasteiger partial charge in [-0.2, -0.15) is 0 Å². The van der Waals surface area contributed by atoms with Crippen LogP contribution in [0.3, 0.4) is 0 Å². The molecule has 1 aromatic carbocycles. The molecular weight excluding hydrogens is 238 g/mol. The van der Waals surface area contributed by atoms with Crippen molar-refractivity contribution in [2.75, 3.05) is 11.9 Å². The fourth-order valence-electron chi connectivity index (χ4n) is 1.38. The van der Waals surface area contributed by atoms with E-state index in [0.717, 1.165) is 16.6 Å². The minimum Gasteiger partial charge on any atom is -0.380 e. The van der Waals surface area contributed by atoms with Gasteiger partial charge in [-0.1, -0.05) is 18.2 Å². The minimum absolute atomic E-state index is 0.822. The van der Waals surface area contributed by atoms with Crippen LogP contribution in [0, 0.1) is 13.8 Å². The van der Waals surface area contributed by atoms with E-state index in [1.54, 1.807) is 0 Å². The molecule has 0 spiro atoms. The van der Waals surface area contributed by atoms with E-state index in [4.69, 9.17) is 0 Å². The average molecular weight is 254 g/mol. The Morgan fingerprint density at radius 1 is 1.43 bits per heavy atom. The molecule has 0 amide bonds. The number of aryl methyl sites for hydroxylation is 2. The van der Waals surface area contributed by atoms with Crippen LogP contribution < -0.4 is 5.32 Å². The average Bonchev–Trinajstić information content (AvgIpc) is 2.01. The number of halogens is 1. The van der Waals surface area contributed by atoms with Crippen molar-refractivity contribution in [3.05, 3.63) is 39.9 Å². The first-order valence-corrected chi connectivity index (χ1v) is 5.45. The lowest BCUT2D eigenvalue weighted by Crippen LogP contribution is -2.04. The Kier molecular flexibility index (Phi) is 3.76. The molecule has 14 heavy (non-hydrogen) atoms. The van der Waals surface area contributed by atoms with Gasteiger partial charge in [-0.3, -0.25) is 0 Å². The van der Waals surface area contributed by atoms with Gasteiger partial charge < -0.3 is 5.32 Å². The van der Waals surface area contributed by atoms with Crippen molar-refractivity contribution in [2.45, 2.75) is 20.8 Å². The molecule has 2 heteroatoms. The second-order valence-electron chi connectivity index (χ2n) is 3.75. The third-order valence-corrected chi connectivity index (χ3v) is 2.62. The first-order valence-electron chi connectivity index (χ1n) is 4.65. The van der Waals surface area contributed by atoms with Crippen LogP contribution >= 0.6 is 15.9 Å². The van der Waals surface area contributed by atoms with Crippen LogP contribution in [0.4, 0.5) is 5.69 Å². The number of hydrogen-bond donors (Lipinski definition) is 1. The predicted molar refractivity (Wildman–Crippen MR) is 66.9 cm³/mol. The van der Waals surface area contributed by atoms with Crippen LogP contribution in [-0.4, -0.2) is 6.54 Å². The van der Waals surface area contributed by atoms with Gasteiger partial charge in [0.1, 0.15) is 0 Å². The summed E-state index contributed by atoms with van der Waals surface area (Å²) in [6.45, 7) is 10.9. The molecule has 76 valence electrons. The molecule has 0 unspecified atom stereocenters. The maximum atomic E-state index is 3.87. The van der Waals surface area contributed by atoms with Gasteiger partial charge >= 0.3 is 0 Å². The molecule has 0 aliphatic carbocycles. The monoisotopic (exact) mass is 253 g/mol. The third-order valence-electron chi connectivity index (χ3n) is 2.00. The second kappa shape index (κ2) is 4.65. The third kappa shape index (κ3) is 2.88. The van der Waals surface area contributed by atoms with Gasteiger partial charge in [0.2, 0.25) is 0 Å². The Balaban J connectivity index is 2.91. The van der Waals surface area contributed by atoms with Crippen molar-refractivity contribution in [1.29, 1.82) is 0 Å². The van der Waals surface area contributed by atoms with Crippen LogP contribution in [0.25, 0.3) is 0 Å². The topological polar surface area (TPSA) is 12.0 Å². The van der Waals surface area contributed by atoms with Gasteiger partial charge in [0, 0.05) is 11.0 Å². The van der Waals surface area contributed by atoms with E-state index >= 15 is 0 Å². The molecule has 0 heterocycles. The summed E-state index contributed by atoms with van der Waals surface area (Å²) in [4.78, 5) is 0. The summed E-state index contributed by atoms with van der Waals surface area (Å²) in [6.07, 6.45) is 0. The fraction of sp³-hybridized carbons (Fsp3) is 0.333. The Labute approximate surface area is 94.3 Å². The number of hydrogen-bond acceptors (Lipinski definition) is 1. The first kappa shape index (κ1) is 11.3. The molecular formula is C12H16BrN. The zero-order valence-corrected chi connectivity index (χ0v) is 10.5. The maximum Gasteiger partial charge on any atom is 0.0517 e. The summed E-state index contributed by atoms with van der Waals surface area (Å²) in [6, 6.07) is 4.29. The van der Waals surface area contributed by atoms with Crippen molar-refractivity contribution in [3.8, 4) is 0 Å². The molecule has 0 aromatic heterocycles. The molecule has 1 aromatic rings. The lowest BCUT2D eigenvalue weighted by molar-refractivity contribution is 1.19. The summed E-state index contributed by atoms with van der Waals surface area (Å²) >= 11 is 3.56. The normalized spacial score (nSPS) is 10.0. The summed E-state index contributed by atoms with van der Waals surface area (Å²) in [5.41, 5.74) is 4.84. The molecule has 0 saturated heterocycles. The first-order chi connectivity index (χ1) is 6.50. The van der Waals surface area contributed by atoms with Crippen LogP contribution in [0.2, 0.25) is 0 Å². The van der Waals surface area contributed by atoms with Gasteiger partial charge in [-0.25, -0.2) is 0 Å². The molecule has 0 bridgehead atoms. The zero-order chi connectivity index (χ0) is 10.7. The highest BCUT2D eigenvalue weighted by Gasteiger charge is 2.03. The molecule has 0 fully saturated rings. The Hall–Kier alpha value is -0.760. The molecule has 0 atom stereocenters. The fourth-order valence-corrected chi connectivity index (χ4v) is 2.19. The van der Waals surface area contributed by atoms with Crippen molar-refractivity contribution >= 4 is 21.6 Å². The smallest absolute Gasteiger partial charge is 0.0517 e. The van der Waals surface area contributed by atoms with E-state index in [2.05, 4.69) is 53.8 Å². The number of anilines is 1. The van der Waals surface area contributed by atoms with E-state index in [0.29, 0.717) is 0 Å². The predicted octanol–water partition coefficient (Wildman–Crippen LogP) is 4.05. The van der Waals surface area contributed by atoms with Crippen molar-refractivity contribution in [2.24, 2.45) is 0 Å². The summed E-state index contributed by atoms with van der Waals surface area (Å²) in [7, 11) is 0. The lowest BCUT2D eigenvalue weighted by atomic mass is 10.1. The zero-order valence-electron chi connectivity index (χ0n) is 8.95. The van der Waals surface area contributed by atoms with Crippen LogP contribution in [0.5, 0.6) is 0 Å². The molecule has 1 N–H and O–H groups in total. The molecule has 0 radical (unpaired) electrons. The van der Waals surface area contributed by atoms with Crippen molar-refractivity contribution in [3.63, 3.8) is 0 Å². The highest BCUT2D eigenvalue weighted by molar-refractivity contribution is 9.10. The lowest BCUT2D eigenvalue weighted by Gasteiger charge is -2.12. The highest BCUT2D eigenvalue weighted by atomic mass is 79.9. The molecule has 1 nitrogen and oxygen atoms in total. The maximum absolute atomic E-state index is 3.87. The standard InChI is InChI=1S/C12H16BrN/c1-8(2)7-14-12-10(4)5-9(3)6-11(12)13/h5-6,14H,1,7H2,2-4H3. The highest BCUT2D eigenvalue weighted by Crippen LogP contribution is 2.27. The Morgan fingerprint density at radius 3 is 2.57 bits per heavy atom. The van der Waals surface area contributed by atoms with Crippen molar-refractivity contribution in [1.82, 2.24) is 0 Å². The molecule has 0 aliphatic heterocycles. The van der Waals surface area contributed by atoms with E-state index < -0.39 is 0 Å². The molecule has 0 saturated carbocycles. The molecule has 0 aliphatic rings. The van der Waals surface area contributed by atoms with Gasteiger partial charge in [-0.15, -0.1) is 0 Å². The van der Waals surface area contributed by atoms with Gasteiger partial charge in [0.15, 0.2) is 0 Å².